The molecule has 0 amide bonds. The minimum Gasteiger partial charge on any atom is -0.319 e. The molecule has 76 valence electrons. The first-order valence-electron chi connectivity index (χ1n) is 4.80. The Morgan fingerprint density at radius 2 is 2.36 bits per heavy atom. The second-order valence-electron chi connectivity index (χ2n) is 3.32. The van der Waals surface area contributed by atoms with Crippen LogP contribution in [0, 0.1) is 0 Å². The van der Waals surface area contributed by atoms with Gasteiger partial charge in [-0.1, -0.05) is 18.6 Å². The molecule has 0 fully saturated rings. The summed E-state index contributed by atoms with van der Waals surface area (Å²) in [7, 11) is 3.73. The molecule has 0 aliphatic carbocycles. The zero-order valence-corrected chi connectivity index (χ0v) is 9.28. The van der Waals surface area contributed by atoms with Crippen molar-refractivity contribution in [2.24, 2.45) is 9.98 Å². The number of hydrogen-bond acceptors (Lipinski definition) is 2. The van der Waals surface area contributed by atoms with Crippen LogP contribution in [0.3, 0.4) is 0 Å². The minimum absolute atomic E-state index is 0.921. The summed E-state index contributed by atoms with van der Waals surface area (Å²) in [5, 5.41) is 0. The molecule has 0 aromatic rings. The zero-order valence-electron chi connectivity index (χ0n) is 9.28. The molecule has 0 N–H and O–H groups in total. The molecule has 1 aliphatic rings. The van der Waals surface area contributed by atoms with Crippen LogP contribution < -0.4 is 0 Å². The molecule has 0 radical (unpaired) electrons. The summed E-state index contributed by atoms with van der Waals surface area (Å²) in [6.07, 6.45) is 6.96. The molecular formula is C11H17N3. The number of nitrogens with zero attached hydrogens (tertiary/aromatic N) is 3. The maximum atomic E-state index is 4.26. The Hall–Kier alpha value is -1.38. The highest BCUT2D eigenvalue weighted by Gasteiger charge is 2.14. The second kappa shape index (κ2) is 4.74. The number of hydrogen-bond donors (Lipinski definition) is 0. The standard InChI is InChI=1S/C11H17N3/c1-5-9(2)6-7-10-11(12-3)14(4)8-13-10/h6-8H,5H2,1-4H3/b9-6+,10-7+,12-11+. The van der Waals surface area contributed by atoms with E-state index in [1.54, 1.807) is 13.4 Å². The van der Waals surface area contributed by atoms with Crippen LogP contribution in [-0.4, -0.2) is 31.2 Å². The minimum atomic E-state index is 0.921. The number of allylic oxidation sites excluding steroid dienone is 3. The van der Waals surface area contributed by atoms with Crippen LogP contribution >= 0.6 is 0 Å². The van der Waals surface area contributed by atoms with Gasteiger partial charge >= 0.3 is 0 Å². The van der Waals surface area contributed by atoms with Gasteiger partial charge in [0.25, 0.3) is 0 Å². The summed E-state index contributed by atoms with van der Waals surface area (Å²) >= 11 is 0. The highest BCUT2D eigenvalue weighted by Crippen LogP contribution is 2.11. The van der Waals surface area contributed by atoms with Crippen LogP contribution in [0.25, 0.3) is 0 Å². The van der Waals surface area contributed by atoms with Gasteiger partial charge in [0.1, 0.15) is 5.70 Å². The van der Waals surface area contributed by atoms with E-state index in [-0.39, 0.29) is 0 Å². The van der Waals surface area contributed by atoms with Gasteiger partial charge in [-0.15, -0.1) is 0 Å². The monoisotopic (exact) mass is 191 g/mol. The molecule has 0 aromatic carbocycles. The highest BCUT2D eigenvalue weighted by molar-refractivity contribution is 6.08. The maximum Gasteiger partial charge on any atom is 0.154 e. The molecule has 14 heavy (non-hydrogen) atoms. The van der Waals surface area contributed by atoms with E-state index in [1.165, 1.54) is 5.57 Å². The average Bonchev–Trinajstić information content (AvgIpc) is 2.55. The lowest BCUT2D eigenvalue weighted by atomic mass is 10.2. The van der Waals surface area contributed by atoms with Gasteiger partial charge in [0.2, 0.25) is 0 Å². The average molecular weight is 191 g/mol. The van der Waals surface area contributed by atoms with E-state index in [1.807, 2.05) is 18.0 Å². The van der Waals surface area contributed by atoms with E-state index in [0.717, 1.165) is 18.0 Å². The molecule has 0 saturated heterocycles. The van der Waals surface area contributed by atoms with Crippen molar-refractivity contribution < 1.29 is 0 Å². The van der Waals surface area contributed by atoms with Crippen molar-refractivity contribution in [3.63, 3.8) is 0 Å². The fraction of sp³-hybridized carbons (Fsp3) is 0.455. The normalized spacial score (nSPS) is 22.9. The quantitative estimate of drug-likeness (QED) is 0.657. The van der Waals surface area contributed by atoms with Gasteiger partial charge in [0.15, 0.2) is 5.84 Å². The lowest BCUT2D eigenvalue weighted by Gasteiger charge is -2.06. The van der Waals surface area contributed by atoms with Crippen LogP contribution in [0.5, 0.6) is 0 Å². The third-order valence-electron chi connectivity index (χ3n) is 2.23. The van der Waals surface area contributed by atoms with Crippen LogP contribution in [0.4, 0.5) is 0 Å². The summed E-state index contributed by atoms with van der Waals surface area (Å²) in [6, 6.07) is 0. The third-order valence-corrected chi connectivity index (χ3v) is 2.23. The van der Waals surface area contributed by atoms with E-state index < -0.39 is 0 Å². The molecule has 0 unspecified atom stereocenters. The van der Waals surface area contributed by atoms with Gasteiger partial charge in [-0.2, -0.15) is 0 Å². The summed E-state index contributed by atoms with van der Waals surface area (Å²) in [5.74, 6) is 0.921. The molecule has 3 heteroatoms. The number of likely N-dealkylation sites (N-methyl/N-ethyl adjacent to an activating group) is 1. The van der Waals surface area contributed by atoms with Crippen LogP contribution in [0.1, 0.15) is 20.3 Å². The zero-order chi connectivity index (χ0) is 10.6. The fourth-order valence-corrected chi connectivity index (χ4v) is 1.17. The van der Waals surface area contributed by atoms with E-state index in [9.17, 15) is 0 Å². The van der Waals surface area contributed by atoms with Gasteiger partial charge in [-0.3, -0.25) is 4.99 Å². The number of amidine groups is 1. The Bertz CT molecular complexity index is 321. The van der Waals surface area contributed by atoms with Crippen molar-refractivity contribution in [1.29, 1.82) is 0 Å². The Labute approximate surface area is 85.6 Å². The van der Waals surface area contributed by atoms with Gasteiger partial charge in [0.05, 0.1) is 6.34 Å². The largest absolute Gasteiger partial charge is 0.319 e. The van der Waals surface area contributed by atoms with Gasteiger partial charge in [-0.05, 0) is 19.4 Å². The predicted octanol–water partition coefficient (Wildman–Crippen LogP) is 2.23. The van der Waals surface area contributed by atoms with Crippen LogP contribution in [0.15, 0.2) is 33.4 Å². The Morgan fingerprint density at radius 1 is 1.64 bits per heavy atom. The lowest BCUT2D eigenvalue weighted by molar-refractivity contribution is 0.793. The molecule has 0 saturated carbocycles. The van der Waals surface area contributed by atoms with E-state index >= 15 is 0 Å². The van der Waals surface area contributed by atoms with Crippen molar-refractivity contribution in [2.75, 3.05) is 14.1 Å². The molecule has 0 spiro atoms. The summed E-state index contributed by atoms with van der Waals surface area (Å²) in [4.78, 5) is 10.4. The SMILES string of the molecule is CC/C(C)=C/C=C1/N=CN(C)/C1=N/C. The Morgan fingerprint density at radius 3 is 2.93 bits per heavy atom. The van der Waals surface area contributed by atoms with Crippen molar-refractivity contribution >= 4 is 12.2 Å². The molecule has 3 nitrogen and oxygen atoms in total. The second-order valence-corrected chi connectivity index (χ2v) is 3.32. The van der Waals surface area contributed by atoms with Crippen molar-refractivity contribution in [3.8, 4) is 0 Å². The fourth-order valence-electron chi connectivity index (χ4n) is 1.17. The van der Waals surface area contributed by atoms with Crippen LogP contribution in [0.2, 0.25) is 0 Å². The molecule has 1 heterocycles. The van der Waals surface area contributed by atoms with Gasteiger partial charge in [-0.25, -0.2) is 4.99 Å². The lowest BCUT2D eigenvalue weighted by Crippen LogP contribution is -2.20. The molecule has 0 bridgehead atoms. The predicted molar refractivity (Wildman–Crippen MR) is 61.7 cm³/mol. The maximum absolute atomic E-state index is 4.26. The molecule has 0 aromatic heterocycles. The molecule has 0 atom stereocenters. The topological polar surface area (TPSA) is 28.0 Å². The van der Waals surface area contributed by atoms with Gasteiger partial charge in [0, 0.05) is 14.1 Å². The summed E-state index contributed by atoms with van der Waals surface area (Å²) < 4.78 is 0. The van der Waals surface area contributed by atoms with Crippen LogP contribution in [-0.2, 0) is 0 Å². The number of rotatable bonds is 2. The van der Waals surface area contributed by atoms with Crippen molar-refractivity contribution in [1.82, 2.24) is 4.90 Å². The van der Waals surface area contributed by atoms with Gasteiger partial charge < -0.3 is 4.90 Å². The van der Waals surface area contributed by atoms with E-state index in [2.05, 4.69) is 29.9 Å². The van der Waals surface area contributed by atoms with Crippen molar-refractivity contribution in [2.45, 2.75) is 20.3 Å². The Balaban J connectivity index is 2.85. The number of aliphatic imine (C=N–C) groups is 2. The molecular weight excluding hydrogens is 174 g/mol. The summed E-state index contributed by atoms with van der Waals surface area (Å²) in [6.45, 7) is 4.26. The third kappa shape index (κ3) is 2.31. The highest BCUT2D eigenvalue weighted by atomic mass is 15.2. The first kappa shape index (κ1) is 10.7. The summed E-state index contributed by atoms with van der Waals surface area (Å²) in [5.41, 5.74) is 2.28. The van der Waals surface area contributed by atoms with E-state index in [4.69, 9.17) is 0 Å². The first-order chi connectivity index (χ1) is 6.69. The Kier molecular flexibility index (Phi) is 3.63. The first-order valence-corrected chi connectivity index (χ1v) is 4.80. The van der Waals surface area contributed by atoms with E-state index in [0.29, 0.717) is 0 Å². The molecule has 1 aliphatic heterocycles. The molecule has 1 rings (SSSR count). The smallest absolute Gasteiger partial charge is 0.154 e. The van der Waals surface area contributed by atoms with Crippen molar-refractivity contribution in [3.05, 3.63) is 23.4 Å².